The van der Waals surface area contributed by atoms with Gasteiger partial charge < -0.3 is 21.1 Å². The number of rotatable bonds is 9. The van der Waals surface area contributed by atoms with Crippen LogP contribution in [-0.4, -0.2) is 63.5 Å². The quantitative estimate of drug-likeness (QED) is 0.160. The highest BCUT2D eigenvalue weighted by molar-refractivity contribution is 7.15. The van der Waals surface area contributed by atoms with E-state index in [2.05, 4.69) is 41.2 Å². The van der Waals surface area contributed by atoms with Gasteiger partial charge in [-0.3, -0.25) is 19.1 Å². The van der Waals surface area contributed by atoms with E-state index in [1.807, 2.05) is 35.8 Å². The predicted octanol–water partition coefficient (Wildman–Crippen LogP) is 5.18. The fourth-order valence-corrected chi connectivity index (χ4v) is 6.68. The van der Waals surface area contributed by atoms with E-state index >= 15 is 0 Å². The number of carboxylic acids is 1. The van der Waals surface area contributed by atoms with Crippen LogP contribution >= 0.6 is 35.3 Å². The Balaban J connectivity index is 0.00000520. The van der Waals surface area contributed by atoms with Crippen molar-refractivity contribution in [3.8, 4) is 16.8 Å². The Morgan fingerprint density at radius 1 is 1.12 bits per heavy atom. The molecule has 0 aliphatic carbocycles. The lowest BCUT2D eigenvalue weighted by Gasteiger charge is -2.18. The number of anilines is 1. The summed E-state index contributed by atoms with van der Waals surface area (Å²) in [7, 11) is 1.61. The van der Waals surface area contributed by atoms with Crippen molar-refractivity contribution in [3.63, 3.8) is 0 Å². The summed E-state index contributed by atoms with van der Waals surface area (Å²) in [5, 5.41) is 22.7. The molecular formula is C34H35Cl2N7O4S. The molecule has 1 aliphatic rings. The van der Waals surface area contributed by atoms with Gasteiger partial charge in [-0.05, 0) is 63.1 Å². The van der Waals surface area contributed by atoms with E-state index in [1.165, 1.54) is 11.0 Å². The van der Waals surface area contributed by atoms with Crippen molar-refractivity contribution in [2.24, 2.45) is 10.7 Å². The molecule has 4 N–H and O–H groups in total. The number of aliphatic imine (C=N–C) groups is 1. The average molecular weight is 709 g/mol. The minimum Gasteiger partial charge on any atom is -0.478 e. The summed E-state index contributed by atoms with van der Waals surface area (Å²) >= 11 is 7.84. The first-order valence-corrected chi connectivity index (χ1v) is 16.2. The second-order valence-corrected chi connectivity index (χ2v) is 12.7. The highest BCUT2D eigenvalue weighted by atomic mass is 35.5. The van der Waals surface area contributed by atoms with Crippen LogP contribution in [0.15, 0.2) is 47.5 Å². The number of carboxylic acid groups (broad SMARTS) is 1. The van der Waals surface area contributed by atoms with Gasteiger partial charge in [0, 0.05) is 52.3 Å². The molecule has 0 bridgehead atoms. The number of hydrogen-bond donors (Lipinski definition) is 3. The first-order valence-electron chi connectivity index (χ1n) is 15.0. The predicted molar refractivity (Wildman–Crippen MR) is 190 cm³/mol. The molecule has 1 atom stereocenters. The van der Waals surface area contributed by atoms with Crippen LogP contribution in [-0.2, 0) is 9.59 Å². The van der Waals surface area contributed by atoms with E-state index in [-0.39, 0.29) is 61.3 Å². The van der Waals surface area contributed by atoms with Gasteiger partial charge in [-0.25, -0.2) is 4.79 Å². The molecule has 0 unspecified atom stereocenters. The molecule has 0 saturated heterocycles. The molecule has 5 rings (SSSR count). The Labute approximate surface area is 293 Å². The summed E-state index contributed by atoms with van der Waals surface area (Å²) in [5.41, 5.74) is 10.0. The Kier molecular flexibility index (Phi) is 11.8. The number of amides is 2. The molecule has 250 valence electrons. The van der Waals surface area contributed by atoms with E-state index in [4.69, 9.17) is 22.3 Å². The molecule has 2 aromatic heterocycles. The van der Waals surface area contributed by atoms with Crippen molar-refractivity contribution in [1.29, 1.82) is 0 Å². The monoisotopic (exact) mass is 707 g/mol. The van der Waals surface area contributed by atoms with Gasteiger partial charge in [0.1, 0.15) is 16.9 Å². The van der Waals surface area contributed by atoms with Crippen LogP contribution < -0.4 is 16.0 Å². The normalized spacial score (nSPS) is 13.1. The molecule has 1 aliphatic heterocycles. The summed E-state index contributed by atoms with van der Waals surface area (Å²) in [6, 6.07) is 11.4. The van der Waals surface area contributed by atoms with Gasteiger partial charge >= 0.3 is 5.97 Å². The fraction of sp³-hybridized carbons (Fsp3) is 0.294. The largest absolute Gasteiger partial charge is 0.478 e. The lowest BCUT2D eigenvalue weighted by Crippen LogP contribution is -2.29. The van der Waals surface area contributed by atoms with Crippen LogP contribution in [0.3, 0.4) is 0 Å². The van der Waals surface area contributed by atoms with E-state index in [9.17, 15) is 19.5 Å². The van der Waals surface area contributed by atoms with Crippen molar-refractivity contribution >= 4 is 64.5 Å². The Hall–Kier alpha value is -4.54. The maximum absolute atomic E-state index is 13.3. The topological polar surface area (TPSA) is 156 Å². The summed E-state index contributed by atoms with van der Waals surface area (Å²) < 4.78 is 1.99. The summed E-state index contributed by atoms with van der Waals surface area (Å²) in [4.78, 5) is 45.5. The van der Waals surface area contributed by atoms with E-state index in [0.717, 1.165) is 32.3 Å². The summed E-state index contributed by atoms with van der Waals surface area (Å²) in [6.07, 6.45) is 0.603. The van der Waals surface area contributed by atoms with E-state index < -0.39 is 12.0 Å². The zero-order chi connectivity index (χ0) is 33.8. The number of aryl methyl sites for hydroxylation is 2. The molecular weight excluding hydrogens is 673 g/mol. The van der Waals surface area contributed by atoms with Crippen LogP contribution in [0.4, 0.5) is 5.69 Å². The maximum atomic E-state index is 13.3. The number of carbonyl (C=O) groups is 3. The number of benzene rings is 2. The average Bonchev–Trinajstić information content (AvgIpc) is 3.53. The number of aromatic carboxylic acids is 1. The third-order valence-electron chi connectivity index (χ3n) is 7.95. The molecule has 11 nitrogen and oxygen atoms in total. The minimum absolute atomic E-state index is 0. The maximum Gasteiger partial charge on any atom is 0.336 e. The van der Waals surface area contributed by atoms with E-state index in [0.29, 0.717) is 28.8 Å². The van der Waals surface area contributed by atoms with E-state index in [1.54, 1.807) is 30.5 Å². The second kappa shape index (κ2) is 15.6. The number of nitrogens with zero attached hydrogens (tertiary/aromatic N) is 5. The van der Waals surface area contributed by atoms with Gasteiger partial charge in [0.15, 0.2) is 5.82 Å². The van der Waals surface area contributed by atoms with Gasteiger partial charge in [-0.1, -0.05) is 35.6 Å². The molecule has 2 amide bonds. The molecule has 3 heterocycles. The van der Waals surface area contributed by atoms with Crippen LogP contribution in [0, 0.1) is 32.6 Å². The molecule has 0 fully saturated rings. The molecule has 48 heavy (non-hydrogen) atoms. The molecule has 2 aromatic carbocycles. The van der Waals surface area contributed by atoms with Crippen LogP contribution in [0.25, 0.3) is 5.00 Å². The van der Waals surface area contributed by atoms with Gasteiger partial charge in [0.2, 0.25) is 11.8 Å². The third kappa shape index (κ3) is 7.61. The number of carbonyl (C=O) groups excluding carboxylic acids is 2. The number of nitrogens with two attached hydrogens (primary N) is 1. The first kappa shape index (κ1) is 36.3. The minimum atomic E-state index is -1.12. The molecule has 0 radical (unpaired) electrons. The lowest BCUT2D eigenvalue weighted by molar-refractivity contribution is -0.122. The van der Waals surface area contributed by atoms with Crippen LogP contribution in [0.2, 0.25) is 5.02 Å². The highest BCUT2D eigenvalue weighted by Crippen LogP contribution is 2.39. The van der Waals surface area contributed by atoms with Crippen molar-refractivity contribution in [1.82, 2.24) is 20.1 Å². The summed E-state index contributed by atoms with van der Waals surface area (Å²) in [5.74, 6) is 5.17. The van der Waals surface area contributed by atoms with Gasteiger partial charge in [0.25, 0.3) is 0 Å². The zero-order valence-corrected chi connectivity index (χ0v) is 29.2. The van der Waals surface area contributed by atoms with Crippen molar-refractivity contribution < 1.29 is 19.5 Å². The Bertz CT molecular complexity index is 1960. The number of thiophene rings is 1. The standard InChI is InChI=1S/C34H34ClN7O4S.ClH/c1-19-20(2)47-33-30(19)31(22-9-11-24(35)12-10-22)38-27(32-40-39-21(3)42(32)33)18-28(43)37-16-6-8-29(44)41(4)25-13-14-26(34(45)46)23(17-25)7-5-15-36;/h9-14,17,27H,6,8,15-16,18,36H2,1-4H3,(H,37,43)(H,45,46);1H/t27-;/m0./s1. The zero-order valence-electron chi connectivity index (χ0n) is 26.8. The third-order valence-corrected chi connectivity index (χ3v) is 9.39. The molecule has 4 aromatic rings. The molecule has 14 heteroatoms. The smallest absolute Gasteiger partial charge is 0.336 e. The molecule has 0 saturated carbocycles. The molecule has 0 spiro atoms. The van der Waals surface area contributed by atoms with Gasteiger partial charge in [-0.2, -0.15) is 0 Å². The number of aromatic nitrogens is 3. The van der Waals surface area contributed by atoms with Crippen LogP contribution in [0.1, 0.15) is 74.4 Å². The number of hydrogen-bond acceptors (Lipinski definition) is 8. The SMILES string of the molecule is Cc1sc2c(c1C)C(c1ccc(Cl)cc1)=N[C@@H](CC(=O)NCCCC(=O)N(C)c1ccc(C(=O)O)c(C#CCN)c1)c1nnc(C)n1-2.Cl. The number of nitrogens with one attached hydrogen (secondary N) is 1. The van der Waals surface area contributed by atoms with Crippen molar-refractivity contribution in [2.45, 2.75) is 46.1 Å². The number of halogens is 2. The Morgan fingerprint density at radius 2 is 1.85 bits per heavy atom. The van der Waals surface area contributed by atoms with Gasteiger partial charge in [-0.15, -0.1) is 33.9 Å². The number of fused-ring (bicyclic) bond motifs is 3. The Morgan fingerprint density at radius 3 is 2.54 bits per heavy atom. The van der Waals surface area contributed by atoms with Crippen LogP contribution in [0.5, 0.6) is 0 Å². The second-order valence-electron chi connectivity index (χ2n) is 11.1. The highest BCUT2D eigenvalue weighted by Gasteiger charge is 2.32. The van der Waals surface area contributed by atoms with Crippen molar-refractivity contribution in [2.75, 3.05) is 25.0 Å². The van der Waals surface area contributed by atoms with Crippen molar-refractivity contribution in [3.05, 3.63) is 91.8 Å². The fourth-order valence-electron chi connectivity index (χ4n) is 5.34. The first-order chi connectivity index (χ1) is 22.5. The summed E-state index contributed by atoms with van der Waals surface area (Å²) in [6.45, 7) is 6.39. The van der Waals surface area contributed by atoms with Gasteiger partial charge in [0.05, 0.1) is 24.2 Å². The lowest BCUT2D eigenvalue weighted by atomic mass is 9.99.